The SMILES string of the molecule is Cc1cc(C2=NN(c3ccccc3)C(=O)/C2=C/c2cnn(C)c2C)n(C)n1. The van der Waals surface area contributed by atoms with Gasteiger partial charge < -0.3 is 0 Å². The summed E-state index contributed by atoms with van der Waals surface area (Å²) in [4.78, 5) is 13.2. The lowest BCUT2D eigenvalue weighted by Crippen LogP contribution is -2.21. The molecule has 3 aromatic rings. The fourth-order valence-electron chi connectivity index (χ4n) is 3.12. The van der Waals surface area contributed by atoms with Gasteiger partial charge in [0.15, 0.2) is 0 Å². The van der Waals surface area contributed by atoms with Gasteiger partial charge in [-0.1, -0.05) is 18.2 Å². The van der Waals surface area contributed by atoms with Gasteiger partial charge in [-0.05, 0) is 38.1 Å². The molecule has 0 spiro atoms. The molecule has 0 atom stereocenters. The molecule has 7 heteroatoms. The highest BCUT2D eigenvalue weighted by atomic mass is 16.2. The van der Waals surface area contributed by atoms with E-state index in [2.05, 4.69) is 15.3 Å². The Bertz CT molecular complexity index is 1090. The number of nitrogens with zero attached hydrogens (tertiary/aromatic N) is 6. The van der Waals surface area contributed by atoms with Crippen molar-refractivity contribution in [3.8, 4) is 0 Å². The van der Waals surface area contributed by atoms with Crippen LogP contribution in [0.25, 0.3) is 6.08 Å². The molecule has 2 aromatic heterocycles. The number of anilines is 1. The van der Waals surface area contributed by atoms with E-state index in [1.165, 1.54) is 5.01 Å². The number of amides is 1. The standard InChI is InChI=1S/C20H20N6O/c1-13-10-18(25(4)22-13)19-17(11-15-12-21-24(3)14(15)2)20(27)26(23-19)16-8-6-5-7-9-16/h5-12H,1-4H3/b17-11+. The molecule has 0 saturated carbocycles. The number of carbonyl (C=O) groups excluding carboxylic acids is 1. The zero-order chi connectivity index (χ0) is 19.1. The second kappa shape index (κ2) is 6.35. The third-order valence-corrected chi connectivity index (χ3v) is 4.70. The van der Waals surface area contributed by atoms with Crippen molar-refractivity contribution >= 4 is 23.4 Å². The maximum atomic E-state index is 13.2. The van der Waals surface area contributed by atoms with Crippen LogP contribution in [0.3, 0.4) is 0 Å². The van der Waals surface area contributed by atoms with Crippen molar-refractivity contribution in [1.82, 2.24) is 19.6 Å². The van der Waals surface area contributed by atoms with Gasteiger partial charge in [0.2, 0.25) is 0 Å². The molecule has 1 amide bonds. The van der Waals surface area contributed by atoms with E-state index >= 15 is 0 Å². The van der Waals surface area contributed by atoms with Crippen LogP contribution >= 0.6 is 0 Å². The summed E-state index contributed by atoms with van der Waals surface area (Å²) >= 11 is 0. The fourth-order valence-corrected chi connectivity index (χ4v) is 3.12. The molecule has 1 aliphatic heterocycles. The Balaban J connectivity index is 1.88. The van der Waals surface area contributed by atoms with Gasteiger partial charge in [-0.15, -0.1) is 0 Å². The minimum Gasteiger partial charge on any atom is -0.272 e. The van der Waals surface area contributed by atoms with Crippen molar-refractivity contribution in [3.63, 3.8) is 0 Å². The normalized spacial score (nSPS) is 15.7. The number of hydrazone groups is 1. The van der Waals surface area contributed by atoms with E-state index < -0.39 is 0 Å². The first-order valence-corrected chi connectivity index (χ1v) is 8.65. The zero-order valence-corrected chi connectivity index (χ0v) is 15.7. The van der Waals surface area contributed by atoms with E-state index in [0.717, 1.165) is 28.3 Å². The Morgan fingerprint density at radius 2 is 1.78 bits per heavy atom. The van der Waals surface area contributed by atoms with E-state index in [4.69, 9.17) is 0 Å². The Kier molecular flexibility index (Phi) is 3.99. The number of benzene rings is 1. The van der Waals surface area contributed by atoms with E-state index in [9.17, 15) is 4.79 Å². The molecular weight excluding hydrogens is 340 g/mol. The number of rotatable bonds is 3. The number of hydrogen-bond donors (Lipinski definition) is 0. The van der Waals surface area contributed by atoms with Crippen molar-refractivity contribution in [3.05, 3.63) is 70.8 Å². The summed E-state index contributed by atoms with van der Waals surface area (Å²) in [5, 5.41) is 14.8. The molecule has 3 heterocycles. The zero-order valence-electron chi connectivity index (χ0n) is 15.7. The average Bonchev–Trinajstić information content (AvgIpc) is 3.27. The minimum atomic E-state index is -0.168. The molecule has 0 aliphatic carbocycles. The summed E-state index contributed by atoms with van der Waals surface area (Å²) in [5.74, 6) is -0.168. The van der Waals surface area contributed by atoms with Crippen molar-refractivity contribution in [2.45, 2.75) is 13.8 Å². The molecule has 7 nitrogen and oxygen atoms in total. The van der Waals surface area contributed by atoms with Crippen LogP contribution in [0.1, 0.15) is 22.6 Å². The van der Waals surface area contributed by atoms with Crippen LogP contribution < -0.4 is 5.01 Å². The van der Waals surface area contributed by atoms with Crippen molar-refractivity contribution in [2.75, 3.05) is 5.01 Å². The minimum absolute atomic E-state index is 0.168. The first kappa shape index (κ1) is 17.0. The number of para-hydroxylation sites is 1. The lowest BCUT2D eigenvalue weighted by molar-refractivity contribution is -0.114. The number of carbonyl (C=O) groups is 1. The van der Waals surface area contributed by atoms with Gasteiger partial charge in [0.05, 0.1) is 28.8 Å². The second-order valence-electron chi connectivity index (χ2n) is 6.56. The molecule has 4 rings (SSSR count). The first-order valence-electron chi connectivity index (χ1n) is 8.65. The molecule has 0 N–H and O–H groups in total. The van der Waals surface area contributed by atoms with Crippen LogP contribution in [0, 0.1) is 13.8 Å². The van der Waals surface area contributed by atoms with Gasteiger partial charge in [0.1, 0.15) is 5.71 Å². The largest absolute Gasteiger partial charge is 0.281 e. The summed E-state index contributed by atoms with van der Waals surface area (Å²) in [6.45, 7) is 3.89. The molecule has 1 aliphatic rings. The third kappa shape index (κ3) is 2.87. The van der Waals surface area contributed by atoms with Gasteiger partial charge in [-0.3, -0.25) is 14.2 Å². The molecule has 0 unspecified atom stereocenters. The highest BCUT2D eigenvalue weighted by Gasteiger charge is 2.33. The lowest BCUT2D eigenvalue weighted by Gasteiger charge is -2.10. The van der Waals surface area contributed by atoms with E-state index in [-0.39, 0.29) is 5.91 Å². The van der Waals surface area contributed by atoms with Crippen molar-refractivity contribution < 1.29 is 4.79 Å². The predicted molar refractivity (Wildman–Crippen MR) is 104 cm³/mol. The summed E-state index contributed by atoms with van der Waals surface area (Å²) < 4.78 is 3.53. The highest BCUT2D eigenvalue weighted by Crippen LogP contribution is 2.28. The van der Waals surface area contributed by atoms with Gasteiger partial charge in [0, 0.05) is 25.4 Å². The summed E-state index contributed by atoms with van der Waals surface area (Å²) in [6.07, 6.45) is 3.61. The molecular formula is C20H20N6O. The number of aromatic nitrogens is 4. The maximum Gasteiger partial charge on any atom is 0.281 e. The summed E-state index contributed by atoms with van der Waals surface area (Å²) in [6, 6.07) is 11.4. The first-order chi connectivity index (χ1) is 13.0. The quantitative estimate of drug-likeness (QED) is 0.674. The Morgan fingerprint density at radius 3 is 2.37 bits per heavy atom. The average molecular weight is 360 g/mol. The summed E-state index contributed by atoms with van der Waals surface area (Å²) in [7, 11) is 3.73. The van der Waals surface area contributed by atoms with Crippen molar-refractivity contribution in [2.24, 2.45) is 19.2 Å². The number of hydrogen-bond acceptors (Lipinski definition) is 4. The molecule has 27 heavy (non-hydrogen) atoms. The molecule has 0 fully saturated rings. The third-order valence-electron chi connectivity index (χ3n) is 4.70. The second-order valence-corrected chi connectivity index (χ2v) is 6.56. The van der Waals surface area contributed by atoms with Crippen molar-refractivity contribution in [1.29, 1.82) is 0 Å². The molecule has 0 bridgehead atoms. The smallest absolute Gasteiger partial charge is 0.272 e. The van der Waals surface area contributed by atoms with E-state index in [0.29, 0.717) is 11.3 Å². The Morgan fingerprint density at radius 1 is 1.04 bits per heavy atom. The fraction of sp³-hybridized carbons (Fsp3) is 0.200. The molecule has 1 aromatic carbocycles. The van der Waals surface area contributed by atoms with E-state index in [1.807, 2.05) is 70.4 Å². The Hall–Kier alpha value is -3.48. The lowest BCUT2D eigenvalue weighted by atomic mass is 10.0. The molecule has 136 valence electrons. The highest BCUT2D eigenvalue weighted by molar-refractivity contribution is 6.37. The maximum absolute atomic E-state index is 13.2. The summed E-state index contributed by atoms with van der Waals surface area (Å²) in [5.41, 5.74) is 5.40. The van der Waals surface area contributed by atoms with Gasteiger partial charge >= 0.3 is 0 Å². The van der Waals surface area contributed by atoms with E-state index in [1.54, 1.807) is 15.6 Å². The van der Waals surface area contributed by atoms with Gasteiger partial charge in [-0.25, -0.2) is 0 Å². The van der Waals surface area contributed by atoms with Gasteiger partial charge in [0.25, 0.3) is 5.91 Å². The topological polar surface area (TPSA) is 68.3 Å². The predicted octanol–water partition coefficient (Wildman–Crippen LogP) is 2.60. The van der Waals surface area contributed by atoms with Gasteiger partial charge in [-0.2, -0.15) is 20.3 Å². The Labute approximate surface area is 157 Å². The number of aryl methyl sites for hydroxylation is 3. The van der Waals surface area contributed by atoms with Crippen LogP contribution in [0.2, 0.25) is 0 Å². The van der Waals surface area contributed by atoms with Crippen LogP contribution in [0.4, 0.5) is 5.69 Å². The van der Waals surface area contributed by atoms with Crippen LogP contribution in [-0.2, 0) is 18.9 Å². The van der Waals surface area contributed by atoms with Crippen LogP contribution in [-0.4, -0.2) is 31.2 Å². The molecule has 0 saturated heterocycles. The molecule has 0 radical (unpaired) electrons. The van der Waals surface area contributed by atoms with Crippen LogP contribution in [0.15, 0.2) is 53.3 Å². The van der Waals surface area contributed by atoms with Crippen LogP contribution in [0.5, 0.6) is 0 Å². The monoisotopic (exact) mass is 360 g/mol.